The van der Waals surface area contributed by atoms with Crippen molar-refractivity contribution in [3.63, 3.8) is 0 Å². The van der Waals surface area contributed by atoms with E-state index in [1.165, 1.54) is 0 Å². The van der Waals surface area contributed by atoms with Crippen LogP contribution in [-0.4, -0.2) is 9.97 Å². The molecule has 4 aromatic rings. The molecule has 0 unspecified atom stereocenters. The topological polar surface area (TPSA) is 64.9 Å². The van der Waals surface area contributed by atoms with Crippen molar-refractivity contribution in [3.05, 3.63) is 54.3 Å². The van der Waals surface area contributed by atoms with Crippen LogP contribution in [0, 0.1) is 0 Å². The Labute approximate surface area is 124 Å². The molecule has 0 aliphatic rings. The zero-order chi connectivity index (χ0) is 14.2. The third kappa shape index (κ3) is 1.98. The van der Waals surface area contributed by atoms with Crippen LogP contribution in [0.1, 0.15) is 0 Å². The molecule has 4 nitrogen and oxygen atoms in total. The summed E-state index contributed by atoms with van der Waals surface area (Å²) in [5, 5.41) is 2.99. The second-order valence-corrected chi connectivity index (χ2v) is 5.50. The van der Waals surface area contributed by atoms with Gasteiger partial charge in [-0.2, -0.15) is 0 Å². The Morgan fingerprint density at radius 1 is 1.00 bits per heavy atom. The van der Waals surface area contributed by atoms with Crippen LogP contribution >= 0.6 is 11.3 Å². The minimum absolute atomic E-state index is 0.497. The number of hydrogen-bond donors (Lipinski definition) is 1. The monoisotopic (exact) mass is 293 g/mol. The first-order valence-electron chi connectivity index (χ1n) is 6.45. The fourth-order valence-electron chi connectivity index (χ4n) is 2.32. The highest BCUT2D eigenvalue weighted by molar-refractivity contribution is 7.17. The lowest BCUT2D eigenvalue weighted by Crippen LogP contribution is -1.96. The number of hydrogen-bond acceptors (Lipinski definition) is 5. The van der Waals surface area contributed by atoms with E-state index in [4.69, 9.17) is 10.2 Å². The molecule has 102 valence electrons. The lowest BCUT2D eigenvalue weighted by Gasteiger charge is -2.03. The number of thiophene rings is 1. The predicted octanol–water partition coefficient (Wildman–Crippen LogP) is 4.20. The standard InChI is InChI=1S/C16H11N3OS/c17-14-13-12(10-4-2-1-3-5-10)9-21-16(13)19-15(18-14)11-6-7-20-8-11/h1-9H,(H2,17,18,19). The summed E-state index contributed by atoms with van der Waals surface area (Å²) >= 11 is 1.57. The van der Waals surface area contributed by atoms with E-state index in [0.717, 1.165) is 26.9 Å². The van der Waals surface area contributed by atoms with Crippen molar-refractivity contribution in [1.82, 2.24) is 9.97 Å². The van der Waals surface area contributed by atoms with Crippen LogP contribution in [0.5, 0.6) is 0 Å². The molecular formula is C16H11N3OS. The van der Waals surface area contributed by atoms with Gasteiger partial charge in [-0.15, -0.1) is 11.3 Å². The van der Waals surface area contributed by atoms with E-state index >= 15 is 0 Å². The SMILES string of the molecule is Nc1nc(-c2ccoc2)nc2scc(-c3ccccc3)c12. The number of anilines is 1. The molecule has 21 heavy (non-hydrogen) atoms. The first-order valence-corrected chi connectivity index (χ1v) is 7.33. The normalized spacial score (nSPS) is 11.0. The van der Waals surface area contributed by atoms with Crippen molar-refractivity contribution in [2.45, 2.75) is 0 Å². The van der Waals surface area contributed by atoms with E-state index in [1.807, 2.05) is 24.3 Å². The molecule has 0 amide bonds. The van der Waals surface area contributed by atoms with Crippen LogP contribution in [0.2, 0.25) is 0 Å². The number of nitrogens with two attached hydrogens (primary N) is 1. The molecule has 5 heteroatoms. The molecule has 0 saturated carbocycles. The minimum atomic E-state index is 0.497. The third-order valence-corrected chi connectivity index (χ3v) is 4.20. The summed E-state index contributed by atoms with van der Waals surface area (Å²) in [7, 11) is 0. The van der Waals surface area contributed by atoms with Gasteiger partial charge >= 0.3 is 0 Å². The summed E-state index contributed by atoms with van der Waals surface area (Å²) in [5.41, 5.74) is 9.20. The molecule has 0 spiro atoms. The van der Waals surface area contributed by atoms with Crippen LogP contribution in [0.4, 0.5) is 5.82 Å². The van der Waals surface area contributed by atoms with Gasteiger partial charge in [-0.3, -0.25) is 0 Å². The fraction of sp³-hybridized carbons (Fsp3) is 0. The molecule has 3 aromatic heterocycles. The van der Waals surface area contributed by atoms with E-state index in [9.17, 15) is 0 Å². The minimum Gasteiger partial charge on any atom is -0.472 e. The smallest absolute Gasteiger partial charge is 0.166 e. The Morgan fingerprint density at radius 2 is 1.86 bits per heavy atom. The van der Waals surface area contributed by atoms with E-state index in [0.29, 0.717) is 11.6 Å². The van der Waals surface area contributed by atoms with Crippen molar-refractivity contribution in [3.8, 4) is 22.5 Å². The number of nitrogen functional groups attached to an aromatic ring is 1. The van der Waals surface area contributed by atoms with Gasteiger partial charge in [0.25, 0.3) is 0 Å². The summed E-state index contributed by atoms with van der Waals surface area (Å²) in [6.45, 7) is 0. The second-order valence-electron chi connectivity index (χ2n) is 4.64. The number of benzene rings is 1. The first-order chi connectivity index (χ1) is 10.3. The molecule has 0 bridgehead atoms. The van der Waals surface area contributed by atoms with Crippen LogP contribution in [-0.2, 0) is 0 Å². The van der Waals surface area contributed by atoms with Gasteiger partial charge in [0.05, 0.1) is 17.2 Å². The zero-order valence-corrected chi connectivity index (χ0v) is 11.8. The first kappa shape index (κ1) is 12.1. The average molecular weight is 293 g/mol. The molecule has 4 rings (SSSR count). The van der Waals surface area contributed by atoms with Crippen molar-refractivity contribution in [2.24, 2.45) is 0 Å². The van der Waals surface area contributed by atoms with Gasteiger partial charge in [0.15, 0.2) is 5.82 Å². The van der Waals surface area contributed by atoms with Crippen molar-refractivity contribution >= 4 is 27.4 Å². The summed E-state index contributed by atoms with van der Waals surface area (Å²) in [5.74, 6) is 1.09. The molecule has 0 aliphatic heterocycles. The molecule has 0 atom stereocenters. The Hall–Kier alpha value is -2.66. The van der Waals surface area contributed by atoms with Gasteiger partial charge in [0, 0.05) is 10.9 Å². The summed E-state index contributed by atoms with van der Waals surface area (Å²) in [6, 6.07) is 12.0. The largest absolute Gasteiger partial charge is 0.472 e. The van der Waals surface area contributed by atoms with Crippen LogP contribution in [0.3, 0.4) is 0 Å². The summed E-state index contributed by atoms with van der Waals surface area (Å²) < 4.78 is 5.08. The zero-order valence-electron chi connectivity index (χ0n) is 11.0. The van der Waals surface area contributed by atoms with E-state index in [1.54, 1.807) is 23.9 Å². The molecular weight excluding hydrogens is 282 g/mol. The molecule has 3 heterocycles. The molecule has 0 aliphatic carbocycles. The molecule has 0 radical (unpaired) electrons. The highest BCUT2D eigenvalue weighted by Crippen LogP contribution is 2.36. The average Bonchev–Trinajstić information content (AvgIpc) is 3.17. The van der Waals surface area contributed by atoms with Crippen LogP contribution < -0.4 is 5.73 Å². The van der Waals surface area contributed by atoms with Gasteiger partial charge in [-0.1, -0.05) is 30.3 Å². The number of rotatable bonds is 2. The molecule has 0 saturated heterocycles. The Kier molecular flexibility index (Phi) is 2.72. The third-order valence-electron chi connectivity index (χ3n) is 3.33. The summed E-state index contributed by atoms with van der Waals surface area (Å²) in [6.07, 6.45) is 3.22. The lowest BCUT2D eigenvalue weighted by atomic mass is 10.1. The molecule has 0 fully saturated rings. The van der Waals surface area contributed by atoms with Gasteiger partial charge in [-0.25, -0.2) is 9.97 Å². The van der Waals surface area contributed by atoms with Crippen molar-refractivity contribution in [2.75, 3.05) is 5.73 Å². The van der Waals surface area contributed by atoms with E-state index in [2.05, 4.69) is 27.5 Å². The quantitative estimate of drug-likeness (QED) is 0.601. The number of aromatic nitrogens is 2. The molecule has 1 aromatic carbocycles. The fourth-order valence-corrected chi connectivity index (χ4v) is 3.27. The van der Waals surface area contributed by atoms with Crippen molar-refractivity contribution < 1.29 is 4.42 Å². The number of furan rings is 1. The Morgan fingerprint density at radius 3 is 2.62 bits per heavy atom. The predicted molar refractivity (Wildman–Crippen MR) is 85.0 cm³/mol. The maximum absolute atomic E-state index is 6.17. The number of fused-ring (bicyclic) bond motifs is 1. The lowest BCUT2D eigenvalue weighted by molar-refractivity contribution is 0.568. The van der Waals surface area contributed by atoms with E-state index in [-0.39, 0.29) is 0 Å². The van der Waals surface area contributed by atoms with Crippen LogP contribution in [0.15, 0.2) is 58.7 Å². The Balaban J connectivity index is 1.94. The molecule has 2 N–H and O–H groups in total. The maximum atomic E-state index is 6.17. The highest BCUT2D eigenvalue weighted by atomic mass is 32.1. The second kappa shape index (κ2) is 4.71. The summed E-state index contributed by atoms with van der Waals surface area (Å²) in [4.78, 5) is 9.89. The van der Waals surface area contributed by atoms with Gasteiger partial charge in [0.2, 0.25) is 0 Å². The van der Waals surface area contributed by atoms with Crippen molar-refractivity contribution in [1.29, 1.82) is 0 Å². The Bertz CT molecular complexity index is 898. The maximum Gasteiger partial charge on any atom is 0.166 e. The van der Waals surface area contributed by atoms with E-state index < -0.39 is 0 Å². The van der Waals surface area contributed by atoms with Crippen LogP contribution in [0.25, 0.3) is 32.7 Å². The number of nitrogens with zero attached hydrogens (tertiary/aromatic N) is 2. The van der Waals surface area contributed by atoms with Gasteiger partial charge in [-0.05, 0) is 11.6 Å². The van der Waals surface area contributed by atoms with Gasteiger partial charge < -0.3 is 10.2 Å². The van der Waals surface area contributed by atoms with Gasteiger partial charge in [0.1, 0.15) is 16.9 Å². The highest BCUT2D eigenvalue weighted by Gasteiger charge is 2.14.